The van der Waals surface area contributed by atoms with Gasteiger partial charge in [-0.2, -0.15) is 0 Å². The Kier molecular flexibility index (Phi) is 3.14. The third-order valence-electron chi connectivity index (χ3n) is 3.34. The average Bonchev–Trinajstić information content (AvgIpc) is 2.99. The van der Waals surface area contributed by atoms with Crippen LogP contribution in [0.3, 0.4) is 0 Å². The maximum absolute atomic E-state index is 11.6. The third kappa shape index (κ3) is 2.25. The zero-order chi connectivity index (χ0) is 14.3. The predicted molar refractivity (Wildman–Crippen MR) is 75.0 cm³/mol. The highest BCUT2D eigenvalue weighted by molar-refractivity contribution is 7.91. The smallest absolute Gasteiger partial charge is 0.184 e. The van der Waals surface area contributed by atoms with Crippen molar-refractivity contribution in [2.45, 2.75) is 12.5 Å². The molecule has 0 amide bonds. The predicted octanol–water partition coefficient (Wildman–Crippen LogP) is 0.935. The Bertz CT molecular complexity index is 758. The summed E-state index contributed by atoms with van der Waals surface area (Å²) in [6.45, 7) is 0. The van der Waals surface area contributed by atoms with E-state index >= 15 is 0 Å². The van der Waals surface area contributed by atoms with E-state index < -0.39 is 9.84 Å². The van der Waals surface area contributed by atoms with Crippen LogP contribution in [0.4, 0.5) is 5.69 Å². The molecule has 106 valence electrons. The quantitative estimate of drug-likeness (QED) is 0.827. The van der Waals surface area contributed by atoms with Gasteiger partial charge in [0.25, 0.3) is 0 Å². The fourth-order valence-electron chi connectivity index (χ4n) is 2.32. The Hall–Kier alpha value is -1.67. The van der Waals surface area contributed by atoms with E-state index in [2.05, 4.69) is 15.5 Å². The van der Waals surface area contributed by atoms with Crippen LogP contribution < -0.4 is 5.73 Å². The van der Waals surface area contributed by atoms with E-state index in [4.69, 9.17) is 17.3 Å². The lowest BCUT2D eigenvalue weighted by atomic mass is 10.1. The fraction of sp³-hybridized carbons (Fsp3) is 0.364. The number of tetrazole rings is 1. The number of nitrogens with zero attached hydrogens (tertiary/aromatic N) is 4. The number of rotatable bonds is 2. The highest BCUT2D eigenvalue weighted by Crippen LogP contribution is 2.32. The van der Waals surface area contributed by atoms with Crippen molar-refractivity contribution in [3.8, 4) is 11.4 Å². The number of nitrogen functional groups attached to an aromatic ring is 1. The molecule has 0 aliphatic carbocycles. The molecule has 7 nitrogen and oxygen atoms in total. The monoisotopic (exact) mass is 313 g/mol. The molecule has 20 heavy (non-hydrogen) atoms. The molecule has 0 saturated carbocycles. The van der Waals surface area contributed by atoms with E-state index in [1.165, 1.54) is 4.68 Å². The van der Waals surface area contributed by atoms with E-state index in [0.29, 0.717) is 28.5 Å². The van der Waals surface area contributed by atoms with Crippen molar-refractivity contribution in [1.29, 1.82) is 0 Å². The number of halogens is 1. The lowest BCUT2D eigenvalue weighted by Gasteiger charge is -2.12. The van der Waals surface area contributed by atoms with Crippen LogP contribution in [-0.4, -0.2) is 40.1 Å². The molecule has 2 aromatic rings. The van der Waals surface area contributed by atoms with Gasteiger partial charge in [0.2, 0.25) is 0 Å². The number of sulfone groups is 1. The largest absolute Gasteiger partial charge is 0.397 e. The van der Waals surface area contributed by atoms with Gasteiger partial charge < -0.3 is 5.73 Å². The Labute approximate surface area is 120 Å². The van der Waals surface area contributed by atoms with Crippen molar-refractivity contribution in [2.75, 3.05) is 17.2 Å². The van der Waals surface area contributed by atoms with Crippen LogP contribution in [0.25, 0.3) is 11.4 Å². The van der Waals surface area contributed by atoms with Gasteiger partial charge >= 0.3 is 0 Å². The van der Waals surface area contributed by atoms with Gasteiger partial charge in [0, 0.05) is 5.56 Å². The first-order chi connectivity index (χ1) is 9.48. The first-order valence-corrected chi connectivity index (χ1v) is 8.20. The first kappa shape index (κ1) is 13.3. The van der Waals surface area contributed by atoms with Gasteiger partial charge in [-0.1, -0.05) is 17.7 Å². The van der Waals surface area contributed by atoms with Crippen molar-refractivity contribution < 1.29 is 8.42 Å². The summed E-state index contributed by atoms with van der Waals surface area (Å²) < 4.78 is 24.7. The second-order valence-corrected chi connectivity index (χ2v) is 7.34. The molecule has 1 fully saturated rings. The minimum absolute atomic E-state index is 0.0471. The number of hydrogen-bond acceptors (Lipinski definition) is 6. The summed E-state index contributed by atoms with van der Waals surface area (Å²) in [6.07, 6.45) is 0.501. The number of hydrogen-bond donors (Lipinski definition) is 1. The highest BCUT2D eigenvalue weighted by Gasteiger charge is 2.32. The molecular formula is C11H12ClN5O2S. The van der Waals surface area contributed by atoms with E-state index in [1.54, 1.807) is 18.2 Å². The lowest BCUT2D eigenvalue weighted by Crippen LogP contribution is -2.14. The molecule has 0 spiro atoms. The summed E-state index contributed by atoms with van der Waals surface area (Å²) in [5.74, 6) is 0.639. The SMILES string of the molecule is Nc1c(Cl)cccc1-c1nnnn1C1CCS(=O)(=O)C1. The summed E-state index contributed by atoms with van der Waals surface area (Å²) in [7, 11) is -3.01. The highest BCUT2D eigenvalue weighted by atomic mass is 35.5. The minimum atomic E-state index is -3.01. The zero-order valence-electron chi connectivity index (χ0n) is 10.4. The first-order valence-electron chi connectivity index (χ1n) is 6.00. The van der Waals surface area contributed by atoms with Gasteiger partial charge in [0.1, 0.15) is 0 Å². The summed E-state index contributed by atoms with van der Waals surface area (Å²) in [5.41, 5.74) is 6.92. The second kappa shape index (κ2) is 4.71. The van der Waals surface area contributed by atoms with Crippen molar-refractivity contribution in [2.24, 2.45) is 0 Å². The number of nitrogens with two attached hydrogens (primary N) is 1. The van der Waals surface area contributed by atoms with Gasteiger partial charge in [-0.15, -0.1) is 5.10 Å². The number of aromatic nitrogens is 4. The Morgan fingerprint density at radius 2 is 2.20 bits per heavy atom. The Morgan fingerprint density at radius 3 is 2.90 bits per heavy atom. The number of para-hydroxylation sites is 1. The molecule has 1 aromatic heterocycles. The molecule has 2 N–H and O–H groups in total. The van der Waals surface area contributed by atoms with Crippen LogP contribution in [-0.2, 0) is 9.84 Å². The van der Waals surface area contributed by atoms with Crippen molar-refractivity contribution in [1.82, 2.24) is 20.2 Å². The molecule has 1 saturated heterocycles. The van der Waals surface area contributed by atoms with E-state index in [1.807, 2.05) is 0 Å². The molecule has 9 heteroatoms. The van der Waals surface area contributed by atoms with Gasteiger partial charge in [-0.25, -0.2) is 13.1 Å². The molecule has 3 rings (SSSR count). The normalized spacial score (nSPS) is 21.1. The molecule has 1 atom stereocenters. The van der Waals surface area contributed by atoms with Gasteiger partial charge in [-0.05, 0) is 29.0 Å². The van der Waals surface area contributed by atoms with Crippen molar-refractivity contribution in [3.63, 3.8) is 0 Å². The van der Waals surface area contributed by atoms with Crippen molar-refractivity contribution in [3.05, 3.63) is 23.2 Å². The van der Waals surface area contributed by atoms with Crippen LogP contribution >= 0.6 is 11.6 Å². The van der Waals surface area contributed by atoms with E-state index in [9.17, 15) is 8.42 Å². The summed E-state index contributed by atoms with van der Waals surface area (Å²) in [5, 5.41) is 11.9. The Balaban J connectivity index is 2.05. The molecule has 1 aromatic carbocycles. The molecule has 1 aliphatic heterocycles. The van der Waals surface area contributed by atoms with Crippen LogP contribution in [0.5, 0.6) is 0 Å². The fourth-order valence-corrected chi connectivity index (χ4v) is 4.18. The number of benzene rings is 1. The van der Waals surface area contributed by atoms with Crippen LogP contribution in [0.1, 0.15) is 12.5 Å². The second-order valence-electron chi connectivity index (χ2n) is 4.70. The zero-order valence-corrected chi connectivity index (χ0v) is 12.0. The lowest BCUT2D eigenvalue weighted by molar-refractivity contribution is 0.489. The van der Waals surface area contributed by atoms with E-state index in [0.717, 1.165) is 0 Å². The van der Waals surface area contributed by atoms with Crippen LogP contribution in [0, 0.1) is 0 Å². The maximum Gasteiger partial charge on any atom is 0.184 e. The molecule has 0 bridgehead atoms. The minimum Gasteiger partial charge on any atom is -0.397 e. The molecular weight excluding hydrogens is 302 g/mol. The average molecular weight is 314 g/mol. The van der Waals surface area contributed by atoms with Crippen molar-refractivity contribution >= 4 is 27.1 Å². The van der Waals surface area contributed by atoms with E-state index in [-0.39, 0.29) is 17.5 Å². The molecule has 1 unspecified atom stereocenters. The third-order valence-corrected chi connectivity index (χ3v) is 5.42. The van der Waals surface area contributed by atoms with Crippen LogP contribution in [0.2, 0.25) is 5.02 Å². The summed E-state index contributed by atoms with van der Waals surface area (Å²) in [6, 6.07) is 4.92. The van der Waals surface area contributed by atoms with Crippen LogP contribution in [0.15, 0.2) is 18.2 Å². The molecule has 0 radical (unpaired) electrons. The Morgan fingerprint density at radius 1 is 1.40 bits per heavy atom. The molecule has 1 aliphatic rings. The standard InChI is InChI=1S/C11H12ClN5O2S/c12-9-3-1-2-8(10(9)13)11-14-15-16-17(11)7-4-5-20(18,19)6-7/h1-3,7H,4-6,13H2. The topological polar surface area (TPSA) is 104 Å². The summed E-state index contributed by atoms with van der Waals surface area (Å²) >= 11 is 5.99. The maximum atomic E-state index is 11.6. The van der Waals surface area contributed by atoms with Gasteiger partial charge in [0.05, 0.1) is 28.3 Å². The van der Waals surface area contributed by atoms with Gasteiger partial charge in [0.15, 0.2) is 15.7 Å². The van der Waals surface area contributed by atoms with Gasteiger partial charge in [-0.3, -0.25) is 0 Å². The molecule has 2 heterocycles. The number of anilines is 1. The summed E-state index contributed by atoms with van der Waals surface area (Å²) in [4.78, 5) is 0.